The molecule has 0 bridgehead atoms. The van der Waals surface area contributed by atoms with Crippen molar-refractivity contribution >= 4 is 51.6 Å². The Hall–Kier alpha value is -3.30. The third-order valence-corrected chi connectivity index (χ3v) is 7.92. The fourth-order valence-electron chi connectivity index (χ4n) is 3.99. The van der Waals surface area contributed by atoms with Crippen LogP contribution in [0.3, 0.4) is 0 Å². The van der Waals surface area contributed by atoms with Gasteiger partial charge in [-0.25, -0.2) is 4.79 Å². The summed E-state index contributed by atoms with van der Waals surface area (Å²) in [7, 11) is 1.36. The lowest BCUT2D eigenvalue weighted by Crippen LogP contribution is -2.20. The van der Waals surface area contributed by atoms with Crippen LogP contribution in [0.25, 0.3) is 0 Å². The summed E-state index contributed by atoms with van der Waals surface area (Å²) < 4.78 is 10.5. The van der Waals surface area contributed by atoms with Gasteiger partial charge in [-0.2, -0.15) is 0 Å². The molecule has 9 heteroatoms. The van der Waals surface area contributed by atoms with Gasteiger partial charge >= 0.3 is 5.97 Å². The molecule has 0 fully saturated rings. The Balaban J connectivity index is 1.33. The molecule has 188 valence electrons. The lowest BCUT2D eigenvalue weighted by Gasteiger charge is -2.18. The van der Waals surface area contributed by atoms with Crippen LogP contribution < -0.4 is 15.4 Å². The molecule has 1 aromatic heterocycles. The van der Waals surface area contributed by atoms with Crippen LogP contribution in [0.4, 0.5) is 10.7 Å². The van der Waals surface area contributed by atoms with Crippen molar-refractivity contribution in [1.82, 2.24) is 0 Å². The molecule has 36 heavy (non-hydrogen) atoms. The largest absolute Gasteiger partial charge is 0.484 e. The summed E-state index contributed by atoms with van der Waals surface area (Å²) in [4.78, 5) is 39.4. The van der Waals surface area contributed by atoms with Crippen LogP contribution in [0.2, 0.25) is 0 Å². The van der Waals surface area contributed by atoms with Crippen molar-refractivity contribution in [3.05, 3.63) is 70.6 Å². The van der Waals surface area contributed by atoms with Gasteiger partial charge in [-0.1, -0.05) is 31.2 Å². The highest BCUT2D eigenvalue weighted by atomic mass is 32.2. The van der Waals surface area contributed by atoms with Crippen LogP contribution in [-0.2, 0) is 27.2 Å². The van der Waals surface area contributed by atoms with E-state index in [0.717, 1.165) is 34.6 Å². The molecule has 0 saturated heterocycles. The summed E-state index contributed by atoms with van der Waals surface area (Å²) in [5.74, 6) is 0.448. The maximum atomic E-state index is 12.7. The number of methoxy groups -OCH3 is 1. The van der Waals surface area contributed by atoms with Crippen LogP contribution in [0, 0.1) is 5.92 Å². The number of benzene rings is 2. The number of ether oxygens (including phenoxy) is 2. The van der Waals surface area contributed by atoms with E-state index in [-0.39, 0.29) is 24.2 Å². The smallest absolute Gasteiger partial charge is 0.341 e. The molecule has 2 amide bonds. The summed E-state index contributed by atoms with van der Waals surface area (Å²) in [6, 6.07) is 16.4. The number of thiophene rings is 1. The van der Waals surface area contributed by atoms with Crippen molar-refractivity contribution in [2.75, 3.05) is 30.1 Å². The van der Waals surface area contributed by atoms with Crippen molar-refractivity contribution in [2.24, 2.45) is 5.92 Å². The van der Waals surface area contributed by atoms with Gasteiger partial charge in [-0.05, 0) is 61.1 Å². The predicted octanol–water partition coefficient (Wildman–Crippen LogP) is 5.41. The quantitative estimate of drug-likeness (QED) is 0.287. The minimum absolute atomic E-state index is 0.101. The van der Waals surface area contributed by atoms with E-state index in [2.05, 4.69) is 17.6 Å². The summed E-state index contributed by atoms with van der Waals surface area (Å²) in [6.07, 6.45) is 2.74. The first kappa shape index (κ1) is 25.8. The Bertz CT molecular complexity index is 1240. The Labute approximate surface area is 218 Å². The van der Waals surface area contributed by atoms with E-state index in [0.29, 0.717) is 27.9 Å². The second-order valence-corrected chi connectivity index (χ2v) is 10.7. The van der Waals surface area contributed by atoms with Gasteiger partial charge in [-0.15, -0.1) is 23.1 Å². The number of anilines is 2. The monoisotopic (exact) mass is 524 g/mol. The van der Waals surface area contributed by atoms with Crippen molar-refractivity contribution < 1.29 is 23.9 Å². The van der Waals surface area contributed by atoms with E-state index in [1.54, 1.807) is 18.2 Å². The zero-order chi connectivity index (χ0) is 25.5. The molecule has 2 aromatic carbocycles. The van der Waals surface area contributed by atoms with Crippen molar-refractivity contribution in [3.63, 3.8) is 0 Å². The molecule has 1 heterocycles. The molecule has 0 aliphatic heterocycles. The number of esters is 1. The molecule has 4 rings (SSSR count). The number of fused-ring (bicyclic) bond motifs is 1. The van der Waals surface area contributed by atoms with Crippen molar-refractivity contribution in [3.8, 4) is 5.75 Å². The lowest BCUT2D eigenvalue weighted by atomic mass is 9.88. The molecule has 2 N–H and O–H groups in total. The van der Waals surface area contributed by atoms with Gasteiger partial charge in [0.15, 0.2) is 6.61 Å². The molecule has 0 radical (unpaired) electrons. The Morgan fingerprint density at radius 2 is 1.86 bits per heavy atom. The zero-order valence-electron chi connectivity index (χ0n) is 20.2. The predicted molar refractivity (Wildman–Crippen MR) is 143 cm³/mol. The second kappa shape index (κ2) is 12.1. The molecule has 1 aliphatic rings. The fourth-order valence-corrected chi connectivity index (χ4v) is 6.16. The fraction of sp³-hybridized carbons (Fsp3) is 0.296. The van der Waals surface area contributed by atoms with Crippen LogP contribution in [0.5, 0.6) is 5.75 Å². The number of thioether (sulfide) groups is 1. The molecular weight excluding hydrogens is 496 g/mol. The minimum atomic E-state index is -0.412. The number of carbonyl (C=O) groups is 3. The summed E-state index contributed by atoms with van der Waals surface area (Å²) in [5, 5.41) is 6.29. The van der Waals surface area contributed by atoms with Crippen molar-refractivity contribution in [2.45, 2.75) is 31.1 Å². The van der Waals surface area contributed by atoms with E-state index in [9.17, 15) is 14.4 Å². The van der Waals surface area contributed by atoms with Crippen LogP contribution in [0.1, 0.15) is 34.1 Å². The van der Waals surface area contributed by atoms with Gasteiger partial charge in [0, 0.05) is 15.5 Å². The molecule has 1 unspecified atom stereocenters. The first-order valence-corrected chi connectivity index (χ1v) is 13.5. The van der Waals surface area contributed by atoms with Gasteiger partial charge in [0.2, 0.25) is 5.91 Å². The molecule has 3 aromatic rings. The number of hydrogen-bond donors (Lipinski definition) is 2. The highest BCUT2D eigenvalue weighted by Gasteiger charge is 2.28. The van der Waals surface area contributed by atoms with Gasteiger partial charge in [0.05, 0.1) is 18.4 Å². The number of hydrogen-bond acceptors (Lipinski definition) is 7. The number of amides is 2. The zero-order valence-corrected chi connectivity index (χ0v) is 21.8. The highest BCUT2D eigenvalue weighted by molar-refractivity contribution is 8.00. The molecule has 0 spiro atoms. The Morgan fingerprint density at radius 3 is 2.64 bits per heavy atom. The number of rotatable bonds is 9. The maximum Gasteiger partial charge on any atom is 0.341 e. The first-order valence-electron chi connectivity index (χ1n) is 11.7. The van der Waals surface area contributed by atoms with Crippen molar-refractivity contribution in [1.29, 1.82) is 0 Å². The summed E-state index contributed by atoms with van der Waals surface area (Å²) >= 11 is 2.82. The van der Waals surface area contributed by atoms with Crippen LogP contribution in [-0.4, -0.2) is 37.3 Å². The molecule has 1 aliphatic carbocycles. The molecule has 7 nitrogen and oxygen atoms in total. The van der Waals surface area contributed by atoms with Crippen LogP contribution in [0.15, 0.2) is 59.5 Å². The Morgan fingerprint density at radius 1 is 1.06 bits per heavy atom. The van der Waals surface area contributed by atoms with Gasteiger partial charge in [0.25, 0.3) is 5.91 Å². The van der Waals surface area contributed by atoms with Gasteiger partial charge in [0.1, 0.15) is 10.8 Å². The molecule has 0 saturated carbocycles. The summed E-state index contributed by atoms with van der Waals surface area (Å²) in [5.41, 5.74) is 2.12. The Kier molecular flexibility index (Phi) is 8.66. The normalized spacial score (nSPS) is 14.4. The SMILES string of the molecule is COC(=O)c1c(NC(=O)CSc2cccc(NC(=O)COc3ccccc3)c2)sc2c1CCC(C)C2. The second-order valence-electron chi connectivity index (χ2n) is 8.56. The van der Waals surface area contributed by atoms with E-state index < -0.39 is 5.97 Å². The van der Waals surface area contributed by atoms with Crippen LogP contribution >= 0.6 is 23.1 Å². The highest BCUT2D eigenvalue weighted by Crippen LogP contribution is 2.40. The first-order chi connectivity index (χ1) is 17.4. The number of carbonyl (C=O) groups excluding carboxylic acids is 3. The number of nitrogens with one attached hydrogen (secondary N) is 2. The third kappa shape index (κ3) is 6.67. The lowest BCUT2D eigenvalue weighted by molar-refractivity contribution is -0.118. The maximum absolute atomic E-state index is 12.7. The molecule has 1 atom stereocenters. The third-order valence-electron chi connectivity index (χ3n) is 5.76. The molecular formula is C27H28N2O5S2. The van der Waals surface area contributed by atoms with E-state index in [4.69, 9.17) is 9.47 Å². The standard InChI is InChI=1S/C27H28N2O5S2/c1-17-11-12-21-22(13-17)36-26(25(21)27(32)33-2)29-24(31)16-35-20-10-6-7-18(14-20)28-23(30)15-34-19-8-4-3-5-9-19/h3-10,14,17H,11-13,15-16H2,1-2H3,(H,28,30)(H,29,31). The topological polar surface area (TPSA) is 93.7 Å². The average Bonchev–Trinajstić information content (AvgIpc) is 3.23. The minimum Gasteiger partial charge on any atom is -0.484 e. The number of para-hydroxylation sites is 1. The summed E-state index contributed by atoms with van der Waals surface area (Å²) in [6.45, 7) is 2.10. The van der Waals surface area contributed by atoms with E-state index in [1.807, 2.05) is 36.4 Å². The van der Waals surface area contributed by atoms with E-state index >= 15 is 0 Å². The van der Waals surface area contributed by atoms with Gasteiger partial charge in [-0.3, -0.25) is 9.59 Å². The van der Waals surface area contributed by atoms with Gasteiger partial charge < -0.3 is 20.1 Å². The van der Waals surface area contributed by atoms with E-state index in [1.165, 1.54) is 30.2 Å². The average molecular weight is 525 g/mol.